The van der Waals surface area contributed by atoms with Gasteiger partial charge in [0.1, 0.15) is 31.7 Å². The van der Waals surface area contributed by atoms with Crippen LogP contribution in [-0.2, 0) is 4.79 Å². The number of nitrogens with one attached hydrogen (secondary N) is 3. The quantitative estimate of drug-likeness (QED) is 0.696. The molecule has 2 saturated heterocycles. The van der Waals surface area contributed by atoms with Gasteiger partial charge in [-0.1, -0.05) is 19.9 Å². The van der Waals surface area contributed by atoms with Crippen LogP contribution in [0.15, 0.2) is 24.4 Å². The van der Waals surface area contributed by atoms with Gasteiger partial charge in [0.15, 0.2) is 6.67 Å². The SMILES string of the molecule is CC(C)CC[C@]1(C)NC(=O)N(C[NH+]2CCN(c3cccc[nH+]3)CC2)C1=O. The first-order valence-corrected chi connectivity index (χ1v) is 9.58. The third kappa shape index (κ3) is 3.98. The predicted molar refractivity (Wildman–Crippen MR) is 98.6 cm³/mol. The van der Waals surface area contributed by atoms with Crippen molar-refractivity contribution in [1.29, 1.82) is 0 Å². The second-order valence-corrected chi connectivity index (χ2v) is 8.07. The molecule has 7 heteroatoms. The number of hydrogen-bond donors (Lipinski definition) is 2. The van der Waals surface area contributed by atoms with E-state index in [1.807, 2.05) is 25.3 Å². The number of amides is 3. The normalized spacial score (nSPS) is 24.5. The van der Waals surface area contributed by atoms with Crippen LogP contribution in [0, 0.1) is 5.92 Å². The van der Waals surface area contributed by atoms with E-state index in [2.05, 4.69) is 35.1 Å². The number of nitrogens with zero attached hydrogens (tertiary/aromatic N) is 2. The van der Waals surface area contributed by atoms with Crippen molar-refractivity contribution in [1.82, 2.24) is 10.2 Å². The average Bonchev–Trinajstić information content (AvgIpc) is 2.85. The standard InChI is InChI=1S/C19H29N5O2/c1-15(2)7-8-19(3)17(25)24(18(26)21-19)14-22-10-12-23(13-11-22)16-6-4-5-9-20-16/h4-6,9,15H,7-8,10-14H2,1-3H3,(H,21,26)/p+2/t19-/m0/s1. The number of pyridine rings is 1. The predicted octanol–water partition coefficient (Wildman–Crippen LogP) is -0.0902. The second kappa shape index (κ2) is 7.61. The van der Waals surface area contributed by atoms with Crippen molar-refractivity contribution in [2.45, 2.75) is 39.2 Å². The van der Waals surface area contributed by atoms with Gasteiger partial charge in [0.25, 0.3) is 11.7 Å². The van der Waals surface area contributed by atoms with Crippen LogP contribution in [0.1, 0.15) is 33.6 Å². The highest BCUT2D eigenvalue weighted by Crippen LogP contribution is 2.24. The zero-order valence-electron chi connectivity index (χ0n) is 16.0. The first-order valence-electron chi connectivity index (χ1n) is 9.58. The van der Waals surface area contributed by atoms with Crippen LogP contribution in [0.3, 0.4) is 0 Å². The van der Waals surface area contributed by atoms with Crippen molar-refractivity contribution in [3.8, 4) is 0 Å². The number of aromatic nitrogens is 1. The molecule has 0 spiro atoms. The van der Waals surface area contributed by atoms with Gasteiger partial charge >= 0.3 is 6.03 Å². The minimum absolute atomic E-state index is 0.0746. The number of anilines is 1. The highest BCUT2D eigenvalue weighted by molar-refractivity contribution is 6.06. The summed E-state index contributed by atoms with van der Waals surface area (Å²) in [4.78, 5) is 33.5. The first kappa shape index (κ1) is 18.6. The fraction of sp³-hybridized carbons (Fsp3) is 0.632. The summed E-state index contributed by atoms with van der Waals surface area (Å²) in [5.41, 5.74) is -0.748. The van der Waals surface area contributed by atoms with E-state index < -0.39 is 5.54 Å². The lowest BCUT2D eigenvalue weighted by molar-refractivity contribution is -0.908. The molecule has 3 N–H and O–H groups in total. The van der Waals surface area contributed by atoms with E-state index in [1.54, 1.807) is 0 Å². The number of quaternary nitrogens is 1. The molecular formula is C19H31N5O2+2. The van der Waals surface area contributed by atoms with Gasteiger partial charge in [0.2, 0.25) is 0 Å². The molecule has 3 rings (SSSR count). The van der Waals surface area contributed by atoms with E-state index in [0.717, 1.165) is 38.4 Å². The number of urea groups is 1. The summed E-state index contributed by atoms with van der Waals surface area (Å²) in [6, 6.07) is 5.82. The van der Waals surface area contributed by atoms with Crippen LogP contribution in [0.2, 0.25) is 0 Å². The zero-order valence-corrected chi connectivity index (χ0v) is 16.0. The number of carbonyl (C=O) groups is 2. The van der Waals surface area contributed by atoms with Crippen LogP contribution in [-0.4, -0.2) is 55.2 Å². The molecule has 26 heavy (non-hydrogen) atoms. The molecule has 7 nitrogen and oxygen atoms in total. The van der Waals surface area contributed by atoms with Gasteiger partial charge in [0.05, 0.1) is 6.20 Å². The van der Waals surface area contributed by atoms with Crippen LogP contribution in [0.5, 0.6) is 0 Å². The Bertz CT molecular complexity index is 643. The van der Waals surface area contributed by atoms with Crippen molar-refractivity contribution in [3.05, 3.63) is 24.4 Å². The Morgan fingerprint density at radius 1 is 1.27 bits per heavy atom. The number of imide groups is 1. The van der Waals surface area contributed by atoms with Gasteiger partial charge in [-0.3, -0.25) is 9.69 Å². The van der Waals surface area contributed by atoms with E-state index in [0.29, 0.717) is 19.0 Å². The molecule has 142 valence electrons. The summed E-state index contributed by atoms with van der Waals surface area (Å²) in [7, 11) is 0. The topological polar surface area (TPSA) is 71.2 Å². The van der Waals surface area contributed by atoms with Gasteiger partial charge in [-0.15, -0.1) is 0 Å². The van der Waals surface area contributed by atoms with E-state index in [9.17, 15) is 9.59 Å². The minimum Gasteiger partial charge on any atom is -0.323 e. The Hall–Kier alpha value is -2.15. The number of H-pyrrole nitrogens is 1. The van der Waals surface area contributed by atoms with Gasteiger partial charge in [0, 0.05) is 6.07 Å². The summed E-state index contributed by atoms with van der Waals surface area (Å²) in [6.45, 7) is 10.2. The van der Waals surface area contributed by atoms with Crippen molar-refractivity contribution in [2.75, 3.05) is 37.7 Å². The number of hydrogen-bond acceptors (Lipinski definition) is 3. The third-order valence-corrected chi connectivity index (χ3v) is 5.45. The van der Waals surface area contributed by atoms with Gasteiger partial charge < -0.3 is 10.2 Å². The van der Waals surface area contributed by atoms with Gasteiger partial charge in [-0.2, -0.15) is 0 Å². The van der Waals surface area contributed by atoms with Gasteiger partial charge in [-0.25, -0.2) is 14.7 Å². The summed E-state index contributed by atoms with van der Waals surface area (Å²) in [5.74, 6) is 1.55. The van der Waals surface area contributed by atoms with E-state index in [-0.39, 0.29) is 11.9 Å². The monoisotopic (exact) mass is 361 g/mol. The van der Waals surface area contributed by atoms with Crippen molar-refractivity contribution in [2.24, 2.45) is 5.92 Å². The molecule has 2 fully saturated rings. The number of piperazine rings is 1. The maximum atomic E-state index is 12.8. The van der Waals surface area contributed by atoms with E-state index in [1.165, 1.54) is 9.80 Å². The first-order chi connectivity index (χ1) is 12.4. The third-order valence-electron chi connectivity index (χ3n) is 5.45. The minimum atomic E-state index is -0.748. The molecule has 0 saturated carbocycles. The zero-order chi connectivity index (χ0) is 18.7. The smallest absolute Gasteiger partial charge is 0.323 e. The second-order valence-electron chi connectivity index (χ2n) is 8.07. The Morgan fingerprint density at radius 2 is 2.00 bits per heavy atom. The molecule has 2 aliphatic heterocycles. The lowest BCUT2D eigenvalue weighted by Crippen LogP contribution is -3.16. The highest BCUT2D eigenvalue weighted by atomic mass is 16.2. The maximum Gasteiger partial charge on any atom is 0.329 e. The molecule has 1 aromatic heterocycles. The molecule has 0 bridgehead atoms. The van der Waals surface area contributed by atoms with Crippen LogP contribution in [0.4, 0.5) is 10.6 Å². The highest BCUT2D eigenvalue weighted by Gasteiger charge is 2.48. The summed E-state index contributed by atoms with van der Waals surface area (Å²) < 4.78 is 0. The van der Waals surface area contributed by atoms with E-state index in [4.69, 9.17) is 0 Å². The molecule has 0 aromatic carbocycles. The van der Waals surface area contributed by atoms with Crippen LogP contribution >= 0.6 is 0 Å². The molecule has 1 aromatic rings. The van der Waals surface area contributed by atoms with Crippen LogP contribution in [0.25, 0.3) is 0 Å². The molecule has 0 aliphatic carbocycles. The summed E-state index contributed by atoms with van der Waals surface area (Å²) >= 11 is 0. The molecule has 0 radical (unpaired) electrons. The number of carbonyl (C=O) groups excluding carboxylic acids is 2. The Balaban J connectivity index is 1.55. The lowest BCUT2D eigenvalue weighted by Gasteiger charge is -2.30. The Kier molecular flexibility index (Phi) is 5.46. The number of rotatable bonds is 6. The average molecular weight is 361 g/mol. The van der Waals surface area contributed by atoms with Crippen molar-refractivity contribution < 1.29 is 19.5 Å². The molecule has 2 aliphatic rings. The summed E-state index contributed by atoms with van der Waals surface area (Å²) in [5, 5.41) is 2.92. The largest absolute Gasteiger partial charge is 0.329 e. The van der Waals surface area contributed by atoms with Crippen molar-refractivity contribution in [3.63, 3.8) is 0 Å². The number of aromatic amines is 1. The van der Waals surface area contributed by atoms with Gasteiger partial charge in [-0.05, 0) is 31.7 Å². The lowest BCUT2D eigenvalue weighted by atomic mass is 9.92. The Labute approximate surface area is 155 Å². The molecule has 3 heterocycles. The summed E-state index contributed by atoms with van der Waals surface area (Å²) in [6.07, 6.45) is 3.55. The fourth-order valence-corrected chi connectivity index (χ4v) is 3.66. The molecule has 1 atom stereocenters. The maximum absolute atomic E-state index is 12.8. The Morgan fingerprint density at radius 3 is 2.62 bits per heavy atom. The van der Waals surface area contributed by atoms with Crippen molar-refractivity contribution >= 4 is 17.8 Å². The molecule has 3 amide bonds. The molecule has 0 unspecified atom stereocenters. The van der Waals surface area contributed by atoms with E-state index >= 15 is 0 Å². The molecular weight excluding hydrogens is 330 g/mol. The van der Waals surface area contributed by atoms with Crippen LogP contribution < -0.4 is 20.1 Å². The fourth-order valence-electron chi connectivity index (χ4n) is 3.66.